The highest BCUT2D eigenvalue weighted by Crippen LogP contribution is 2.18. The van der Waals surface area contributed by atoms with Crippen molar-refractivity contribution < 1.29 is 24.0 Å². The van der Waals surface area contributed by atoms with E-state index in [9.17, 15) is 9.59 Å². The molecule has 0 aromatic heterocycles. The summed E-state index contributed by atoms with van der Waals surface area (Å²) in [5.74, 6) is -0.569. The molecular weight excluding hydrogens is 501 g/mol. The monoisotopic (exact) mass is 526 g/mol. The van der Waals surface area contributed by atoms with Crippen molar-refractivity contribution in [1.29, 1.82) is 0 Å². The summed E-state index contributed by atoms with van der Waals surface area (Å²) < 4.78 is 11.1. The van der Waals surface area contributed by atoms with Gasteiger partial charge < -0.3 is 9.47 Å². The largest absolute Gasteiger partial charge is 0.459 e. The number of hydrogen-bond acceptors (Lipinski definition) is 4. The fourth-order valence-corrected chi connectivity index (χ4v) is 2.56. The molecule has 1 N–H and O–H groups in total. The average molecular weight is 527 g/mol. The van der Waals surface area contributed by atoms with E-state index in [1.54, 1.807) is 0 Å². The van der Waals surface area contributed by atoms with Gasteiger partial charge in [-0.2, -0.15) is 0 Å². The molecule has 0 aliphatic carbocycles. The van der Waals surface area contributed by atoms with Gasteiger partial charge in [0.2, 0.25) is 0 Å². The molecule has 0 aliphatic rings. The van der Waals surface area contributed by atoms with Crippen molar-refractivity contribution >= 4 is 56.1 Å². The summed E-state index contributed by atoms with van der Waals surface area (Å²) in [6, 6.07) is 7.94. The van der Waals surface area contributed by atoms with Crippen molar-refractivity contribution in [1.82, 2.24) is 0 Å². The Hall–Kier alpha value is -0.670. The van der Waals surface area contributed by atoms with Crippen LogP contribution in [0.5, 0.6) is 0 Å². The minimum Gasteiger partial charge on any atom is -0.459 e. The van der Waals surface area contributed by atoms with Gasteiger partial charge in [-0.1, -0.05) is 58.4 Å². The van der Waals surface area contributed by atoms with Gasteiger partial charge in [-0.25, -0.2) is 0 Å². The van der Waals surface area contributed by atoms with Crippen molar-refractivity contribution in [2.45, 2.75) is 31.1 Å². The Morgan fingerprint density at radius 2 is 1.80 bits per heavy atom. The van der Waals surface area contributed by atoms with Crippen LogP contribution in [0.1, 0.15) is 27.7 Å². The van der Waals surface area contributed by atoms with E-state index >= 15 is 0 Å². The average Bonchev–Trinajstić information content (AvgIpc) is 2.51. The fraction of sp³-hybridized carbons (Fsp3) is 0.556. The SMILES string of the molecule is CC(C)C(=O)OCC[NH+](CCOC(=O)C(C)(C)I)c1cccc(Br)c1. The van der Waals surface area contributed by atoms with Crippen molar-refractivity contribution in [2.24, 2.45) is 5.92 Å². The zero-order valence-corrected chi connectivity index (χ0v) is 18.8. The van der Waals surface area contributed by atoms with Crippen LogP contribution in [0.2, 0.25) is 0 Å². The number of alkyl halides is 1. The topological polar surface area (TPSA) is 57.0 Å². The van der Waals surface area contributed by atoms with E-state index in [4.69, 9.17) is 9.47 Å². The Morgan fingerprint density at radius 3 is 2.32 bits per heavy atom. The van der Waals surface area contributed by atoms with Crippen LogP contribution >= 0.6 is 38.5 Å². The number of quaternary nitrogens is 1. The number of hydrogen-bond donors (Lipinski definition) is 1. The first-order valence-electron chi connectivity index (χ1n) is 8.24. The van der Waals surface area contributed by atoms with E-state index in [1.807, 2.05) is 52.0 Å². The highest BCUT2D eigenvalue weighted by molar-refractivity contribution is 14.1. The van der Waals surface area contributed by atoms with Crippen LogP contribution in [0.25, 0.3) is 0 Å². The van der Waals surface area contributed by atoms with Crippen LogP contribution in [0.3, 0.4) is 0 Å². The van der Waals surface area contributed by atoms with Crippen molar-refractivity contribution in [3.05, 3.63) is 28.7 Å². The van der Waals surface area contributed by atoms with Crippen LogP contribution in [0.4, 0.5) is 5.69 Å². The maximum absolute atomic E-state index is 11.9. The minimum absolute atomic E-state index is 0.138. The predicted molar refractivity (Wildman–Crippen MR) is 109 cm³/mol. The van der Waals surface area contributed by atoms with E-state index in [-0.39, 0.29) is 17.9 Å². The van der Waals surface area contributed by atoms with E-state index in [0.29, 0.717) is 26.3 Å². The number of ether oxygens (including phenoxy) is 2. The molecule has 5 nitrogen and oxygen atoms in total. The van der Waals surface area contributed by atoms with Crippen molar-refractivity contribution in [2.75, 3.05) is 26.3 Å². The molecule has 25 heavy (non-hydrogen) atoms. The minimum atomic E-state index is -0.541. The molecule has 0 radical (unpaired) electrons. The first-order valence-corrected chi connectivity index (χ1v) is 10.1. The van der Waals surface area contributed by atoms with Crippen molar-refractivity contribution in [3.8, 4) is 0 Å². The van der Waals surface area contributed by atoms with Crippen LogP contribution in [-0.2, 0) is 19.1 Å². The lowest BCUT2D eigenvalue weighted by Crippen LogP contribution is -3.08. The molecule has 0 bridgehead atoms. The second-order valence-electron chi connectivity index (χ2n) is 6.54. The van der Waals surface area contributed by atoms with Gasteiger partial charge in [-0.3, -0.25) is 14.5 Å². The number of carbonyl (C=O) groups excluding carboxylic acids is 2. The third kappa shape index (κ3) is 8.50. The summed E-state index contributed by atoms with van der Waals surface area (Å²) in [7, 11) is 0. The molecule has 0 saturated heterocycles. The standard InChI is InChI=1S/C18H25BrINO4/c1-13(2)16(22)24-10-8-21(15-7-5-6-14(19)12-15)9-11-25-17(23)18(3,4)20/h5-7,12-13H,8-11H2,1-4H3/p+1. The Balaban J connectivity index is 2.65. The third-order valence-corrected chi connectivity index (χ3v) is 4.41. The molecule has 1 unspecified atom stereocenters. The molecule has 7 heteroatoms. The molecule has 0 fully saturated rings. The first-order chi connectivity index (χ1) is 11.6. The van der Waals surface area contributed by atoms with E-state index in [0.717, 1.165) is 15.1 Å². The van der Waals surface area contributed by atoms with Gasteiger partial charge in [0.1, 0.15) is 35.4 Å². The molecule has 1 aromatic rings. The summed E-state index contributed by atoms with van der Waals surface area (Å²) in [5, 5.41) is 0. The molecule has 0 amide bonds. The van der Waals surface area contributed by atoms with Crippen LogP contribution in [0, 0.1) is 5.92 Å². The van der Waals surface area contributed by atoms with Gasteiger partial charge in [0.25, 0.3) is 0 Å². The highest BCUT2D eigenvalue weighted by Gasteiger charge is 2.26. The normalized spacial score (nSPS) is 12.8. The molecule has 0 saturated carbocycles. The zero-order chi connectivity index (χ0) is 19.0. The molecule has 0 aliphatic heterocycles. The third-order valence-electron chi connectivity index (χ3n) is 3.47. The summed E-state index contributed by atoms with van der Waals surface area (Å²) in [5.41, 5.74) is 1.06. The van der Waals surface area contributed by atoms with Gasteiger partial charge in [0, 0.05) is 10.5 Å². The summed E-state index contributed by atoms with van der Waals surface area (Å²) >= 11 is 5.54. The predicted octanol–water partition coefficient (Wildman–Crippen LogP) is 2.92. The number of rotatable bonds is 9. The first kappa shape index (κ1) is 22.4. The lowest BCUT2D eigenvalue weighted by molar-refractivity contribution is -0.833. The van der Waals surface area contributed by atoms with Crippen LogP contribution in [0.15, 0.2) is 28.7 Å². The van der Waals surface area contributed by atoms with Crippen molar-refractivity contribution in [3.63, 3.8) is 0 Å². The van der Waals surface area contributed by atoms with Gasteiger partial charge in [0.05, 0.1) is 5.92 Å². The second kappa shape index (κ2) is 10.5. The second-order valence-corrected chi connectivity index (χ2v) is 10.2. The Labute approximate surface area is 171 Å². The Morgan fingerprint density at radius 1 is 1.20 bits per heavy atom. The maximum atomic E-state index is 11.9. The van der Waals surface area contributed by atoms with E-state index in [1.165, 1.54) is 0 Å². The molecule has 1 aromatic carbocycles. The smallest absolute Gasteiger partial charge is 0.321 e. The molecule has 1 rings (SSSR count). The van der Waals surface area contributed by atoms with Crippen LogP contribution in [-0.4, -0.2) is 41.7 Å². The molecule has 0 heterocycles. The Bertz CT molecular complexity index is 587. The Kier molecular flexibility index (Phi) is 9.37. The maximum Gasteiger partial charge on any atom is 0.321 e. The lowest BCUT2D eigenvalue weighted by atomic mass is 10.2. The van der Waals surface area contributed by atoms with Gasteiger partial charge >= 0.3 is 11.9 Å². The summed E-state index contributed by atoms with van der Waals surface area (Å²) in [6.07, 6.45) is 0. The summed E-state index contributed by atoms with van der Waals surface area (Å²) in [6.45, 7) is 9.11. The summed E-state index contributed by atoms with van der Waals surface area (Å²) in [4.78, 5) is 24.6. The molecule has 0 spiro atoms. The van der Waals surface area contributed by atoms with E-state index in [2.05, 4.69) is 38.5 Å². The van der Waals surface area contributed by atoms with Gasteiger partial charge in [-0.05, 0) is 26.0 Å². The van der Waals surface area contributed by atoms with Gasteiger partial charge in [0.15, 0.2) is 0 Å². The fourth-order valence-electron chi connectivity index (χ4n) is 2.00. The zero-order valence-electron chi connectivity index (χ0n) is 15.1. The van der Waals surface area contributed by atoms with Crippen LogP contribution < -0.4 is 4.90 Å². The molecule has 1 atom stereocenters. The van der Waals surface area contributed by atoms with E-state index < -0.39 is 3.42 Å². The highest BCUT2D eigenvalue weighted by atomic mass is 127. The number of carbonyl (C=O) groups is 2. The lowest BCUT2D eigenvalue weighted by Gasteiger charge is -2.21. The van der Waals surface area contributed by atoms with Gasteiger partial charge in [-0.15, -0.1) is 0 Å². The quantitative estimate of drug-likeness (QED) is 0.305. The number of benzene rings is 1. The number of esters is 2. The number of nitrogens with one attached hydrogen (secondary N) is 1. The number of halogens is 2. The molecule has 140 valence electrons. The molecular formula is C18H26BrINO4+.